The molecule has 6 nitrogen and oxygen atoms in total. The molecule has 3 atom stereocenters. The number of hydrogen-bond acceptors (Lipinski definition) is 4. The fraction of sp³-hybridized carbons (Fsp3) is 0.600. The topological polar surface area (TPSA) is 59.4 Å². The molecule has 0 saturated carbocycles. The third-order valence-electron chi connectivity index (χ3n) is 5.47. The average molecular weight is 356 g/mol. The molecule has 0 unspecified atom stereocenters. The highest BCUT2D eigenvalue weighted by Gasteiger charge is 2.28. The van der Waals surface area contributed by atoms with E-state index in [1.165, 1.54) is 12.1 Å². The molecule has 2 aliphatic heterocycles. The van der Waals surface area contributed by atoms with Crippen LogP contribution < -0.4 is 5.32 Å². The standard InChI is InChI=1S/C20H28N4O2/c1-14-11-23(12-15(2)26-14)19(25)13-24-18(17-6-3-7-21-10-17)9-16-5-4-8-22-20(16)24/h4-5,8-9,14-15,17,21H,3,6-7,10-13H2,1-2H3/t14-,15-,17-/m1/s1. The largest absolute Gasteiger partial charge is 0.372 e. The van der Waals surface area contributed by atoms with Gasteiger partial charge in [0.25, 0.3) is 0 Å². The van der Waals surface area contributed by atoms with Crippen LogP contribution in [0.5, 0.6) is 0 Å². The van der Waals surface area contributed by atoms with E-state index in [0.717, 1.165) is 30.5 Å². The van der Waals surface area contributed by atoms with Crippen LogP contribution in [0.1, 0.15) is 38.3 Å². The number of aromatic nitrogens is 2. The number of piperidine rings is 1. The molecule has 0 aromatic carbocycles. The molecule has 0 bridgehead atoms. The van der Waals surface area contributed by atoms with Crippen LogP contribution in [0, 0.1) is 0 Å². The maximum atomic E-state index is 13.0. The molecule has 6 heteroatoms. The number of pyridine rings is 1. The number of rotatable bonds is 3. The van der Waals surface area contributed by atoms with E-state index in [0.29, 0.717) is 25.6 Å². The molecule has 2 saturated heterocycles. The van der Waals surface area contributed by atoms with Gasteiger partial charge in [-0.3, -0.25) is 4.79 Å². The van der Waals surface area contributed by atoms with Crippen LogP contribution in [0.15, 0.2) is 24.4 Å². The lowest BCUT2D eigenvalue weighted by Gasteiger charge is -2.35. The van der Waals surface area contributed by atoms with Crippen LogP contribution in [0.25, 0.3) is 11.0 Å². The molecule has 0 spiro atoms. The average Bonchev–Trinajstić information content (AvgIpc) is 3.00. The fourth-order valence-corrected chi connectivity index (χ4v) is 4.33. The number of carbonyl (C=O) groups excluding carboxylic acids is 1. The van der Waals surface area contributed by atoms with Crippen LogP contribution >= 0.6 is 0 Å². The molecule has 2 aromatic rings. The van der Waals surface area contributed by atoms with E-state index < -0.39 is 0 Å². The van der Waals surface area contributed by atoms with Crippen molar-refractivity contribution in [3.63, 3.8) is 0 Å². The minimum Gasteiger partial charge on any atom is -0.372 e. The molecule has 1 amide bonds. The maximum absolute atomic E-state index is 13.0. The number of nitrogens with one attached hydrogen (secondary N) is 1. The molecule has 4 heterocycles. The van der Waals surface area contributed by atoms with Crippen molar-refractivity contribution in [2.24, 2.45) is 0 Å². The molecule has 1 N–H and O–H groups in total. The highest BCUT2D eigenvalue weighted by atomic mass is 16.5. The van der Waals surface area contributed by atoms with E-state index in [1.807, 2.05) is 31.0 Å². The van der Waals surface area contributed by atoms with Gasteiger partial charge >= 0.3 is 0 Å². The Hall–Kier alpha value is -1.92. The summed E-state index contributed by atoms with van der Waals surface area (Å²) in [6.07, 6.45) is 4.31. The van der Waals surface area contributed by atoms with Gasteiger partial charge in [0.2, 0.25) is 5.91 Å². The molecule has 0 aliphatic carbocycles. The predicted molar refractivity (Wildman–Crippen MR) is 101 cm³/mol. The lowest BCUT2D eigenvalue weighted by molar-refractivity contribution is -0.143. The van der Waals surface area contributed by atoms with Gasteiger partial charge in [-0.15, -0.1) is 0 Å². The van der Waals surface area contributed by atoms with Gasteiger partial charge in [-0.2, -0.15) is 0 Å². The molecular formula is C20H28N4O2. The molecule has 2 aromatic heterocycles. The zero-order valence-electron chi connectivity index (χ0n) is 15.6. The van der Waals surface area contributed by atoms with Crippen molar-refractivity contribution in [3.8, 4) is 0 Å². The number of nitrogens with zero attached hydrogens (tertiary/aromatic N) is 3. The Bertz CT molecular complexity index is 771. The molecule has 2 aliphatic rings. The normalized spacial score (nSPS) is 27.0. The van der Waals surface area contributed by atoms with Gasteiger partial charge in [-0.1, -0.05) is 0 Å². The van der Waals surface area contributed by atoms with Crippen LogP contribution in [-0.2, 0) is 16.1 Å². The lowest BCUT2D eigenvalue weighted by Crippen LogP contribution is -2.49. The summed E-state index contributed by atoms with van der Waals surface area (Å²) in [5.41, 5.74) is 2.14. The van der Waals surface area contributed by atoms with Gasteiger partial charge < -0.3 is 19.5 Å². The van der Waals surface area contributed by atoms with Crippen LogP contribution in [0.3, 0.4) is 0 Å². The smallest absolute Gasteiger partial charge is 0.242 e. The second-order valence-corrected chi connectivity index (χ2v) is 7.67. The molecule has 4 rings (SSSR count). The summed E-state index contributed by atoms with van der Waals surface area (Å²) in [7, 11) is 0. The van der Waals surface area contributed by atoms with E-state index in [4.69, 9.17) is 4.74 Å². The summed E-state index contributed by atoms with van der Waals surface area (Å²) in [6, 6.07) is 6.27. The second kappa shape index (κ2) is 7.37. The first-order valence-electron chi connectivity index (χ1n) is 9.70. The van der Waals surface area contributed by atoms with Crippen molar-refractivity contribution in [3.05, 3.63) is 30.1 Å². The highest BCUT2D eigenvalue weighted by Crippen LogP contribution is 2.29. The minimum absolute atomic E-state index is 0.0873. The first-order valence-corrected chi connectivity index (χ1v) is 9.70. The third-order valence-corrected chi connectivity index (χ3v) is 5.47. The number of carbonyl (C=O) groups is 1. The Morgan fingerprint density at radius 2 is 2.15 bits per heavy atom. The zero-order valence-corrected chi connectivity index (χ0v) is 15.6. The summed E-state index contributed by atoms with van der Waals surface area (Å²) < 4.78 is 7.91. The van der Waals surface area contributed by atoms with Gasteiger partial charge in [-0.05, 0) is 51.4 Å². The highest BCUT2D eigenvalue weighted by molar-refractivity contribution is 5.82. The first-order chi connectivity index (χ1) is 12.6. The molecular weight excluding hydrogens is 328 g/mol. The molecule has 26 heavy (non-hydrogen) atoms. The number of ether oxygens (including phenoxy) is 1. The second-order valence-electron chi connectivity index (χ2n) is 7.67. The Morgan fingerprint density at radius 1 is 1.35 bits per heavy atom. The Labute approximate surface area is 154 Å². The minimum atomic E-state index is 0.0873. The molecule has 2 fully saturated rings. The van der Waals surface area contributed by atoms with Gasteiger partial charge in [0.1, 0.15) is 12.2 Å². The van der Waals surface area contributed by atoms with Crippen molar-refractivity contribution in [2.45, 2.75) is 51.4 Å². The quantitative estimate of drug-likeness (QED) is 0.915. The van der Waals surface area contributed by atoms with E-state index in [-0.39, 0.29) is 18.1 Å². The predicted octanol–water partition coefficient (Wildman–Crippen LogP) is 2.14. The van der Waals surface area contributed by atoms with E-state index in [1.54, 1.807) is 0 Å². The third kappa shape index (κ3) is 3.48. The summed E-state index contributed by atoms with van der Waals surface area (Å²) >= 11 is 0. The van der Waals surface area contributed by atoms with Gasteiger partial charge in [-0.25, -0.2) is 4.98 Å². The molecule has 140 valence electrons. The number of morpholine rings is 1. The van der Waals surface area contributed by atoms with Crippen molar-refractivity contribution in [2.75, 3.05) is 26.2 Å². The van der Waals surface area contributed by atoms with Crippen LogP contribution in [-0.4, -0.2) is 58.7 Å². The fourth-order valence-electron chi connectivity index (χ4n) is 4.33. The maximum Gasteiger partial charge on any atom is 0.242 e. The monoisotopic (exact) mass is 356 g/mol. The number of hydrogen-bond donors (Lipinski definition) is 1. The van der Waals surface area contributed by atoms with E-state index in [9.17, 15) is 4.79 Å². The Balaban J connectivity index is 1.63. The van der Waals surface area contributed by atoms with E-state index >= 15 is 0 Å². The number of fused-ring (bicyclic) bond motifs is 1. The SMILES string of the molecule is C[C@@H]1CN(C(=O)Cn2c([C@@H]3CCCNC3)cc3cccnc32)C[C@@H](C)O1. The van der Waals surface area contributed by atoms with Gasteiger partial charge in [0.05, 0.1) is 12.2 Å². The lowest BCUT2D eigenvalue weighted by atomic mass is 9.96. The van der Waals surface area contributed by atoms with Crippen molar-refractivity contribution in [1.29, 1.82) is 0 Å². The van der Waals surface area contributed by atoms with Crippen LogP contribution in [0.4, 0.5) is 0 Å². The van der Waals surface area contributed by atoms with Crippen molar-refractivity contribution in [1.82, 2.24) is 19.8 Å². The molecule has 0 radical (unpaired) electrons. The summed E-state index contributed by atoms with van der Waals surface area (Å²) in [4.78, 5) is 19.6. The number of amides is 1. The van der Waals surface area contributed by atoms with Crippen molar-refractivity contribution < 1.29 is 9.53 Å². The van der Waals surface area contributed by atoms with Crippen molar-refractivity contribution >= 4 is 16.9 Å². The van der Waals surface area contributed by atoms with Gasteiger partial charge in [0, 0.05) is 42.8 Å². The van der Waals surface area contributed by atoms with Crippen LogP contribution in [0.2, 0.25) is 0 Å². The van der Waals surface area contributed by atoms with E-state index in [2.05, 4.69) is 27.0 Å². The first kappa shape index (κ1) is 17.5. The summed E-state index contributed by atoms with van der Waals surface area (Å²) in [5.74, 6) is 0.591. The Kier molecular flexibility index (Phi) is 4.96. The summed E-state index contributed by atoms with van der Waals surface area (Å²) in [6.45, 7) is 7.79. The zero-order chi connectivity index (χ0) is 18.1. The Morgan fingerprint density at radius 3 is 2.88 bits per heavy atom. The summed E-state index contributed by atoms with van der Waals surface area (Å²) in [5, 5.41) is 4.60. The van der Waals surface area contributed by atoms with Gasteiger partial charge in [0.15, 0.2) is 0 Å².